The van der Waals surface area contributed by atoms with Crippen LogP contribution in [0.25, 0.3) is 28.1 Å². The molecule has 1 atom stereocenters. The van der Waals surface area contributed by atoms with Crippen LogP contribution in [0.4, 0.5) is 9.18 Å². The molecular formula is C31H33ClFN7O3. The van der Waals surface area contributed by atoms with E-state index in [4.69, 9.17) is 21.4 Å². The number of aromatic nitrogens is 6. The molecule has 12 heteroatoms. The highest BCUT2D eigenvalue weighted by molar-refractivity contribution is 6.37. The van der Waals surface area contributed by atoms with Gasteiger partial charge in [0.05, 0.1) is 39.8 Å². The lowest BCUT2D eigenvalue weighted by molar-refractivity contribution is 0.0159. The normalized spacial score (nSPS) is 15.3. The van der Waals surface area contributed by atoms with E-state index >= 15 is 0 Å². The molecule has 1 aliphatic heterocycles. The van der Waals surface area contributed by atoms with Gasteiger partial charge >= 0.3 is 11.8 Å². The topological polar surface area (TPSA) is 92.1 Å². The number of halogens is 2. The maximum absolute atomic E-state index is 14.7. The van der Waals surface area contributed by atoms with Crippen LogP contribution in [0.5, 0.6) is 0 Å². The molecule has 43 heavy (non-hydrogen) atoms. The van der Waals surface area contributed by atoms with Crippen LogP contribution in [0.1, 0.15) is 56.1 Å². The summed E-state index contributed by atoms with van der Waals surface area (Å²) in [5.74, 6) is 0.166. The Hall–Kier alpha value is -4.38. The van der Waals surface area contributed by atoms with E-state index in [1.54, 1.807) is 64.9 Å². The third-order valence-electron chi connectivity index (χ3n) is 7.85. The Morgan fingerprint density at radius 3 is 2.47 bits per heavy atom. The molecule has 0 saturated heterocycles. The van der Waals surface area contributed by atoms with Gasteiger partial charge < -0.3 is 9.64 Å². The minimum atomic E-state index is -0.671. The number of hydrogen-bond acceptors (Lipinski definition) is 5. The molecule has 1 amide bonds. The standard InChI is InChI=1S/C31H33ClFN7O3/c1-17-14-20(15-18(2)27(17)33)40-28(25-19(3)37(11-10-22(25)35-40)30(42)43-31(4,5)6)39-13-12-38(29(39)41)24-9-8-23-21(26(24)32)16-34-36(23)7/h8-9,12-16,19H,10-11H2,1-7H3/t19-/m0/s1. The Morgan fingerprint density at radius 1 is 1.12 bits per heavy atom. The van der Waals surface area contributed by atoms with Gasteiger partial charge in [-0.15, -0.1) is 0 Å². The second-order valence-electron chi connectivity index (χ2n) is 12.0. The quantitative estimate of drug-likeness (QED) is 0.253. The Bertz CT molecular complexity index is 1950. The van der Waals surface area contributed by atoms with Crippen molar-refractivity contribution in [1.82, 2.24) is 33.6 Å². The zero-order chi connectivity index (χ0) is 31.0. The lowest BCUT2D eigenvalue weighted by Crippen LogP contribution is -2.42. The van der Waals surface area contributed by atoms with E-state index < -0.39 is 17.7 Å². The van der Waals surface area contributed by atoms with Crippen LogP contribution in [-0.2, 0) is 18.2 Å². The third kappa shape index (κ3) is 4.71. The summed E-state index contributed by atoms with van der Waals surface area (Å²) in [6.07, 6.45) is 4.98. The van der Waals surface area contributed by atoms with Gasteiger partial charge in [-0.1, -0.05) is 11.6 Å². The van der Waals surface area contributed by atoms with Gasteiger partial charge in [-0.25, -0.2) is 18.7 Å². The monoisotopic (exact) mass is 605 g/mol. The number of rotatable bonds is 3. The lowest BCUT2D eigenvalue weighted by atomic mass is 10.00. The van der Waals surface area contributed by atoms with Crippen molar-refractivity contribution in [3.05, 3.63) is 86.6 Å². The fourth-order valence-electron chi connectivity index (χ4n) is 5.77. The second kappa shape index (κ2) is 10.1. The number of imidazole rings is 1. The summed E-state index contributed by atoms with van der Waals surface area (Å²) in [7, 11) is 1.83. The number of aryl methyl sites for hydroxylation is 3. The van der Waals surface area contributed by atoms with Crippen LogP contribution in [0.2, 0.25) is 5.02 Å². The van der Waals surface area contributed by atoms with Crippen molar-refractivity contribution in [3.63, 3.8) is 0 Å². The molecule has 224 valence electrons. The molecule has 5 aromatic rings. The van der Waals surface area contributed by atoms with E-state index in [0.717, 1.165) is 16.6 Å². The molecule has 10 nitrogen and oxygen atoms in total. The number of amides is 1. The van der Waals surface area contributed by atoms with Crippen LogP contribution in [0.3, 0.4) is 0 Å². The summed E-state index contributed by atoms with van der Waals surface area (Å²) in [6.45, 7) is 11.2. The minimum absolute atomic E-state index is 0.296. The van der Waals surface area contributed by atoms with Crippen LogP contribution < -0.4 is 5.69 Å². The number of hydrogen-bond donors (Lipinski definition) is 0. The number of ether oxygens (including phenoxy) is 1. The van der Waals surface area contributed by atoms with Crippen molar-refractivity contribution in [2.24, 2.45) is 7.05 Å². The molecule has 0 N–H and O–H groups in total. The SMILES string of the molecule is Cc1cc(-n2nc3c(c2-n2ccn(-c4ccc5c(cnn5C)c4Cl)c2=O)[C@H](C)N(C(=O)OC(C)(C)C)CC3)cc(C)c1F. The fourth-order valence-corrected chi connectivity index (χ4v) is 6.07. The summed E-state index contributed by atoms with van der Waals surface area (Å²) in [6, 6.07) is 6.59. The molecule has 0 radical (unpaired) electrons. The second-order valence-corrected chi connectivity index (χ2v) is 12.4. The Balaban J connectivity index is 1.55. The maximum atomic E-state index is 14.7. The number of nitrogens with zero attached hydrogens (tertiary/aromatic N) is 7. The van der Waals surface area contributed by atoms with Crippen LogP contribution in [-0.4, -0.2) is 51.8 Å². The number of benzene rings is 2. The van der Waals surface area contributed by atoms with Crippen molar-refractivity contribution in [3.8, 4) is 17.2 Å². The summed E-state index contributed by atoms with van der Waals surface area (Å²) in [4.78, 5) is 29.0. The predicted molar refractivity (Wildman–Crippen MR) is 162 cm³/mol. The highest BCUT2D eigenvalue weighted by atomic mass is 35.5. The molecule has 3 aromatic heterocycles. The number of carbonyl (C=O) groups excluding carboxylic acids is 1. The predicted octanol–water partition coefficient (Wildman–Crippen LogP) is 5.96. The largest absolute Gasteiger partial charge is 0.444 e. The van der Waals surface area contributed by atoms with E-state index in [2.05, 4.69) is 5.10 Å². The number of fused-ring (bicyclic) bond motifs is 2. The molecule has 1 aliphatic rings. The van der Waals surface area contributed by atoms with Gasteiger partial charge in [0.1, 0.15) is 17.2 Å². The maximum Gasteiger partial charge on any atom is 0.410 e. The van der Waals surface area contributed by atoms with Gasteiger partial charge in [0.15, 0.2) is 0 Å². The smallest absolute Gasteiger partial charge is 0.410 e. The number of carbonyl (C=O) groups is 1. The Kier molecular flexibility index (Phi) is 6.76. The molecule has 0 spiro atoms. The summed E-state index contributed by atoms with van der Waals surface area (Å²) in [5, 5.41) is 10.3. The van der Waals surface area contributed by atoms with E-state index in [0.29, 0.717) is 51.9 Å². The first-order chi connectivity index (χ1) is 20.3. The lowest BCUT2D eigenvalue weighted by Gasteiger charge is -2.34. The average Bonchev–Trinajstić information content (AvgIpc) is 3.62. The minimum Gasteiger partial charge on any atom is -0.444 e. The van der Waals surface area contributed by atoms with Crippen molar-refractivity contribution in [1.29, 1.82) is 0 Å². The highest BCUT2D eigenvalue weighted by Gasteiger charge is 2.37. The zero-order valence-electron chi connectivity index (χ0n) is 25.1. The van der Waals surface area contributed by atoms with Crippen molar-refractivity contribution >= 4 is 28.6 Å². The average molecular weight is 606 g/mol. The first-order valence-electron chi connectivity index (χ1n) is 14.1. The summed E-state index contributed by atoms with van der Waals surface area (Å²) >= 11 is 6.78. The molecule has 0 saturated carbocycles. The van der Waals surface area contributed by atoms with E-state index in [1.807, 2.05) is 40.8 Å². The first kappa shape index (κ1) is 28.7. The van der Waals surface area contributed by atoms with E-state index in [9.17, 15) is 14.0 Å². The van der Waals surface area contributed by atoms with Crippen LogP contribution in [0, 0.1) is 19.7 Å². The molecule has 6 rings (SSSR count). The fraction of sp³-hybridized carbons (Fsp3) is 0.355. The van der Waals surface area contributed by atoms with Crippen LogP contribution >= 0.6 is 11.6 Å². The van der Waals surface area contributed by atoms with Gasteiger partial charge in [-0.05, 0) is 76.9 Å². The summed E-state index contributed by atoms with van der Waals surface area (Å²) in [5.41, 5.74) is 3.27. The molecule has 0 unspecified atom stereocenters. The molecular weight excluding hydrogens is 573 g/mol. The van der Waals surface area contributed by atoms with Crippen molar-refractivity contribution < 1.29 is 13.9 Å². The summed E-state index contributed by atoms with van der Waals surface area (Å²) < 4.78 is 26.7. The molecule has 0 fully saturated rings. The van der Waals surface area contributed by atoms with E-state index in [-0.39, 0.29) is 11.5 Å². The Labute approximate surface area is 252 Å². The highest BCUT2D eigenvalue weighted by Crippen LogP contribution is 2.37. The molecule has 0 bridgehead atoms. The van der Waals surface area contributed by atoms with Gasteiger partial charge in [0, 0.05) is 43.4 Å². The molecule has 2 aromatic carbocycles. The van der Waals surface area contributed by atoms with Gasteiger partial charge in [0.25, 0.3) is 0 Å². The van der Waals surface area contributed by atoms with Crippen molar-refractivity contribution in [2.45, 2.75) is 59.6 Å². The van der Waals surface area contributed by atoms with E-state index in [1.165, 1.54) is 9.13 Å². The first-order valence-corrected chi connectivity index (χ1v) is 14.4. The van der Waals surface area contributed by atoms with Crippen molar-refractivity contribution in [2.75, 3.05) is 6.54 Å². The Morgan fingerprint density at radius 2 is 1.79 bits per heavy atom. The third-order valence-corrected chi connectivity index (χ3v) is 8.25. The van der Waals surface area contributed by atoms with Gasteiger partial charge in [0.2, 0.25) is 0 Å². The molecule has 4 heterocycles. The zero-order valence-corrected chi connectivity index (χ0v) is 25.9. The van der Waals surface area contributed by atoms with Gasteiger partial charge in [-0.3, -0.25) is 13.8 Å². The van der Waals surface area contributed by atoms with Gasteiger partial charge in [-0.2, -0.15) is 10.2 Å². The van der Waals surface area contributed by atoms with Crippen LogP contribution in [0.15, 0.2) is 47.7 Å². The molecule has 0 aliphatic carbocycles.